The fourth-order valence-corrected chi connectivity index (χ4v) is 3.01. The summed E-state index contributed by atoms with van der Waals surface area (Å²) < 4.78 is 5.91. The Bertz CT molecular complexity index is 591. The van der Waals surface area contributed by atoms with Gasteiger partial charge in [-0.05, 0) is 44.4 Å². The highest BCUT2D eigenvalue weighted by Gasteiger charge is 2.15. The standard InChI is InChI=1S/C16H19Cl2NOS/c1-16(2,3)19-9-11-7-12(17)8-14(18)15(11)20-10-13-5-4-6-21-13/h4-8,19H,9-10H2,1-3H3. The van der Waals surface area contributed by atoms with Crippen LogP contribution in [0, 0.1) is 0 Å². The zero-order chi connectivity index (χ0) is 15.5. The molecule has 0 saturated heterocycles. The van der Waals surface area contributed by atoms with Crippen LogP contribution < -0.4 is 10.1 Å². The van der Waals surface area contributed by atoms with Crippen LogP contribution in [-0.4, -0.2) is 5.54 Å². The summed E-state index contributed by atoms with van der Waals surface area (Å²) in [5.41, 5.74) is 0.985. The van der Waals surface area contributed by atoms with Crippen LogP contribution in [0.4, 0.5) is 0 Å². The van der Waals surface area contributed by atoms with E-state index in [9.17, 15) is 0 Å². The minimum absolute atomic E-state index is 0.0137. The first-order valence-electron chi connectivity index (χ1n) is 6.73. The van der Waals surface area contributed by atoms with E-state index in [0.29, 0.717) is 28.9 Å². The molecule has 114 valence electrons. The Morgan fingerprint density at radius 3 is 2.62 bits per heavy atom. The molecule has 2 nitrogen and oxygen atoms in total. The molecule has 1 N–H and O–H groups in total. The maximum absolute atomic E-state index is 6.29. The van der Waals surface area contributed by atoms with Crippen LogP contribution in [0.15, 0.2) is 29.6 Å². The first-order valence-corrected chi connectivity index (χ1v) is 8.37. The van der Waals surface area contributed by atoms with Crippen LogP contribution in [-0.2, 0) is 13.2 Å². The van der Waals surface area contributed by atoms with Gasteiger partial charge in [0.25, 0.3) is 0 Å². The molecule has 0 bridgehead atoms. The molecular formula is C16H19Cl2NOS. The zero-order valence-corrected chi connectivity index (χ0v) is 14.7. The van der Waals surface area contributed by atoms with Crippen LogP contribution in [0.1, 0.15) is 31.2 Å². The van der Waals surface area contributed by atoms with E-state index in [4.69, 9.17) is 27.9 Å². The van der Waals surface area contributed by atoms with Crippen LogP contribution in [0.3, 0.4) is 0 Å². The third-order valence-electron chi connectivity index (χ3n) is 2.83. The largest absolute Gasteiger partial charge is 0.486 e. The van der Waals surface area contributed by atoms with Gasteiger partial charge in [-0.2, -0.15) is 0 Å². The van der Waals surface area contributed by atoms with Gasteiger partial charge in [0.2, 0.25) is 0 Å². The molecule has 0 spiro atoms. The molecule has 0 aliphatic carbocycles. The van der Waals surface area contributed by atoms with Gasteiger partial charge in [-0.15, -0.1) is 11.3 Å². The normalized spacial score (nSPS) is 11.7. The van der Waals surface area contributed by atoms with Gasteiger partial charge in [0.15, 0.2) is 0 Å². The van der Waals surface area contributed by atoms with Gasteiger partial charge in [0, 0.05) is 27.5 Å². The van der Waals surface area contributed by atoms with Crippen LogP contribution in [0.25, 0.3) is 0 Å². The second-order valence-electron chi connectivity index (χ2n) is 5.85. The number of hydrogen-bond acceptors (Lipinski definition) is 3. The Morgan fingerprint density at radius 1 is 1.24 bits per heavy atom. The number of benzene rings is 1. The summed E-state index contributed by atoms with van der Waals surface area (Å²) >= 11 is 14.1. The third kappa shape index (κ3) is 5.19. The van der Waals surface area contributed by atoms with Crippen molar-refractivity contribution in [3.63, 3.8) is 0 Å². The molecule has 0 amide bonds. The number of ether oxygens (including phenoxy) is 1. The van der Waals surface area contributed by atoms with Gasteiger partial charge in [-0.25, -0.2) is 0 Å². The highest BCUT2D eigenvalue weighted by Crippen LogP contribution is 2.33. The Morgan fingerprint density at radius 2 is 2.00 bits per heavy atom. The van der Waals surface area contributed by atoms with Gasteiger partial charge in [-0.3, -0.25) is 0 Å². The molecule has 1 heterocycles. The number of halogens is 2. The Balaban J connectivity index is 2.17. The van der Waals surface area contributed by atoms with E-state index in [2.05, 4.69) is 26.1 Å². The van der Waals surface area contributed by atoms with Gasteiger partial charge >= 0.3 is 0 Å². The number of rotatable bonds is 5. The lowest BCUT2D eigenvalue weighted by atomic mass is 10.1. The van der Waals surface area contributed by atoms with Crippen LogP contribution in [0.5, 0.6) is 5.75 Å². The molecule has 0 unspecified atom stereocenters. The fourth-order valence-electron chi connectivity index (χ4n) is 1.80. The summed E-state index contributed by atoms with van der Waals surface area (Å²) in [5.74, 6) is 0.700. The minimum atomic E-state index is 0.0137. The summed E-state index contributed by atoms with van der Waals surface area (Å²) in [6.45, 7) is 7.52. The van der Waals surface area contributed by atoms with E-state index < -0.39 is 0 Å². The molecule has 0 fully saturated rings. The van der Waals surface area contributed by atoms with Crippen LogP contribution >= 0.6 is 34.5 Å². The lowest BCUT2D eigenvalue weighted by Gasteiger charge is -2.22. The summed E-state index contributed by atoms with van der Waals surface area (Å²) in [6, 6.07) is 7.67. The first-order chi connectivity index (χ1) is 9.85. The molecule has 1 aromatic carbocycles. The maximum atomic E-state index is 6.29. The molecule has 0 saturated carbocycles. The quantitative estimate of drug-likeness (QED) is 0.771. The average Bonchev–Trinajstić information content (AvgIpc) is 2.87. The van der Waals surface area contributed by atoms with Crippen molar-refractivity contribution >= 4 is 34.5 Å². The SMILES string of the molecule is CC(C)(C)NCc1cc(Cl)cc(Cl)c1OCc1cccs1. The predicted molar refractivity (Wildman–Crippen MR) is 91.7 cm³/mol. The highest BCUT2D eigenvalue weighted by atomic mass is 35.5. The highest BCUT2D eigenvalue weighted by molar-refractivity contribution is 7.09. The van der Waals surface area contributed by atoms with Crippen molar-refractivity contribution in [3.8, 4) is 5.75 Å². The van der Waals surface area contributed by atoms with Gasteiger partial charge < -0.3 is 10.1 Å². The van der Waals surface area contributed by atoms with Crippen LogP contribution in [0.2, 0.25) is 10.0 Å². The van der Waals surface area contributed by atoms with E-state index in [0.717, 1.165) is 10.4 Å². The molecule has 21 heavy (non-hydrogen) atoms. The molecule has 5 heteroatoms. The fraction of sp³-hybridized carbons (Fsp3) is 0.375. The predicted octanol–water partition coefficient (Wildman–Crippen LogP) is 5.52. The molecule has 1 aromatic heterocycles. The Kier molecular flexibility index (Phi) is 5.55. The molecule has 0 radical (unpaired) electrons. The molecule has 2 rings (SSSR count). The monoisotopic (exact) mass is 343 g/mol. The van der Waals surface area contributed by atoms with Crippen molar-refractivity contribution in [1.29, 1.82) is 0 Å². The minimum Gasteiger partial charge on any atom is -0.486 e. The second kappa shape index (κ2) is 7.01. The van der Waals surface area contributed by atoms with Crippen molar-refractivity contribution in [2.75, 3.05) is 0 Å². The summed E-state index contributed by atoms with van der Waals surface area (Å²) in [5, 5.41) is 6.63. The van der Waals surface area contributed by atoms with Crippen molar-refractivity contribution < 1.29 is 4.74 Å². The molecule has 0 aliphatic heterocycles. The number of nitrogens with one attached hydrogen (secondary N) is 1. The van der Waals surface area contributed by atoms with Gasteiger partial charge in [-0.1, -0.05) is 29.3 Å². The van der Waals surface area contributed by atoms with Gasteiger partial charge in [0.1, 0.15) is 12.4 Å². The molecule has 2 aromatic rings. The summed E-state index contributed by atoms with van der Waals surface area (Å²) in [6.07, 6.45) is 0. The van der Waals surface area contributed by atoms with Crippen molar-refractivity contribution in [1.82, 2.24) is 5.32 Å². The summed E-state index contributed by atoms with van der Waals surface area (Å²) in [7, 11) is 0. The Hall–Kier alpha value is -0.740. The molecular weight excluding hydrogens is 325 g/mol. The summed E-state index contributed by atoms with van der Waals surface area (Å²) in [4.78, 5) is 1.16. The van der Waals surface area contributed by atoms with Crippen molar-refractivity contribution in [2.24, 2.45) is 0 Å². The Labute approximate surface area is 140 Å². The van der Waals surface area contributed by atoms with Crippen molar-refractivity contribution in [3.05, 3.63) is 50.1 Å². The maximum Gasteiger partial charge on any atom is 0.143 e. The lowest BCUT2D eigenvalue weighted by Crippen LogP contribution is -2.35. The van der Waals surface area contributed by atoms with E-state index in [-0.39, 0.29) is 5.54 Å². The smallest absolute Gasteiger partial charge is 0.143 e. The average molecular weight is 344 g/mol. The van der Waals surface area contributed by atoms with E-state index in [1.807, 2.05) is 23.6 Å². The van der Waals surface area contributed by atoms with E-state index in [1.165, 1.54) is 0 Å². The van der Waals surface area contributed by atoms with Gasteiger partial charge in [0.05, 0.1) is 5.02 Å². The number of hydrogen-bond donors (Lipinski definition) is 1. The van der Waals surface area contributed by atoms with E-state index >= 15 is 0 Å². The van der Waals surface area contributed by atoms with E-state index in [1.54, 1.807) is 17.4 Å². The third-order valence-corrected chi connectivity index (χ3v) is 4.18. The molecule has 0 aliphatic rings. The lowest BCUT2D eigenvalue weighted by molar-refractivity contribution is 0.304. The molecule has 0 atom stereocenters. The first kappa shape index (κ1) is 16.6. The topological polar surface area (TPSA) is 21.3 Å². The van der Waals surface area contributed by atoms with Crippen molar-refractivity contribution in [2.45, 2.75) is 39.5 Å². The second-order valence-corrected chi connectivity index (χ2v) is 7.72. The number of thiophene rings is 1. The zero-order valence-electron chi connectivity index (χ0n) is 12.4.